The van der Waals surface area contributed by atoms with Gasteiger partial charge in [0.05, 0.1) is 37.1 Å². The first-order valence-electron chi connectivity index (χ1n) is 6.30. The molecule has 108 valence electrons. The standard InChI is InChI=1S/C13H13ClN6O/c1-8-4-16-9(5-15-8)6-20-10(3-14)19-11-12(20)17-7-18-13(11)21-2/h4-5,7H,3,6H2,1-2H3. The second-order valence-electron chi connectivity index (χ2n) is 4.45. The summed E-state index contributed by atoms with van der Waals surface area (Å²) < 4.78 is 7.10. The number of nitrogens with zero attached hydrogens (tertiary/aromatic N) is 6. The van der Waals surface area contributed by atoms with Crippen LogP contribution in [0.3, 0.4) is 0 Å². The molecule has 3 heterocycles. The lowest BCUT2D eigenvalue weighted by atomic mass is 10.4. The van der Waals surface area contributed by atoms with Crippen molar-refractivity contribution in [2.24, 2.45) is 0 Å². The van der Waals surface area contributed by atoms with Crippen molar-refractivity contribution in [1.82, 2.24) is 29.5 Å². The van der Waals surface area contributed by atoms with Crippen LogP contribution in [-0.4, -0.2) is 36.6 Å². The molecule has 0 saturated heterocycles. The van der Waals surface area contributed by atoms with E-state index >= 15 is 0 Å². The Morgan fingerprint density at radius 2 is 2.05 bits per heavy atom. The van der Waals surface area contributed by atoms with Crippen molar-refractivity contribution in [2.45, 2.75) is 19.3 Å². The number of hydrogen-bond acceptors (Lipinski definition) is 6. The van der Waals surface area contributed by atoms with Crippen molar-refractivity contribution in [2.75, 3.05) is 7.11 Å². The highest BCUT2D eigenvalue weighted by molar-refractivity contribution is 6.16. The predicted molar refractivity (Wildman–Crippen MR) is 77.3 cm³/mol. The van der Waals surface area contributed by atoms with Crippen molar-refractivity contribution in [3.05, 3.63) is 35.9 Å². The summed E-state index contributed by atoms with van der Waals surface area (Å²) in [6.07, 6.45) is 4.90. The summed E-state index contributed by atoms with van der Waals surface area (Å²) in [5.41, 5.74) is 2.94. The summed E-state index contributed by atoms with van der Waals surface area (Å²) in [5, 5.41) is 0. The van der Waals surface area contributed by atoms with Crippen LogP contribution in [-0.2, 0) is 12.4 Å². The monoisotopic (exact) mass is 304 g/mol. The van der Waals surface area contributed by atoms with Crippen molar-refractivity contribution in [3.63, 3.8) is 0 Å². The molecule has 0 aliphatic heterocycles. The number of imidazole rings is 1. The van der Waals surface area contributed by atoms with E-state index < -0.39 is 0 Å². The van der Waals surface area contributed by atoms with Gasteiger partial charge in [-0.1, -0.05) is 0 Å². The number of aryl methyl sites for hydroxylation is 1. The lowest BCUT2D eigenvalue weighted by Crippen LogP contribution is -2.07. The van der Waals surface area contributed by atoms with Gasteiger partial charge in [-0.25, -0.2) is 9.97 Å². The minimum absolute atomic E-state index is 0.263. The molecule has 3 aromatic rings. The Labute approximate surface area is 126 Å². The average molecular weight is 305 g/mol. The minimum Gasteiger partial charge on any atom is -0.479 e. The zero-order valence-corrected chi connectivity index (χ0v) is 12.4. The van der Waals surface area contributed by atoms with Crippen LogP contribution in [0.2, 0.25) is 0 Å². The second-order valence-corrected chi connectivity index (χ2v) is 4.72. The summed E-state index contributed by atoms with van der Waals surface area (Å²) >= 11 is 5.98. The number of methoxy groups -OCH3 is 1. The molecule has 21 heavy (non-hydrogen) atoms. The fraction of sp³-hybridized carbons (Fsp3) is 0.308. The Balaban J connectivity index is 2.10. The first kappa shape index (κ1) is 13.7. The van der Waals surface area contributed by atoms with Crippen LogP contribution >= 0.6 is 11.6 Å². The van der Waals surface area contributed by atoms with Crippen molar-refractivity contribution < 1.29 is 4.74 Å². The van der Waals surface area contributed by atoms with Gasteiger partial charge in [-0.15, -0.1) is 11.6 Å². The summed E-state index contributed by atoms with van der Waals surface area (Å²) in [4.78, 5) is 21.4. The van der Waals surface area contributed by atoms with Gasteiger partial charge < -0.3 is 9.30 Å². The van der Waals surface area contributed by atoms with Crippen LogP contribution in [0, 0.1) is 6.92 Å². The Morgan fingerprint density at radius 1 is 1.19 bits per heavy atom. The predicted octanol–water partition coefficient (Wildman–Crippen LogP) is 1.72. The van der Waals surface area contributed by atoms with Crippen LogP contribution in [0.4, 0.5) is 0 Å². The number of hydrogen-bond donors (Lipinski definition) is 0. The van der Waals surface area contributed by atoms with E-state index in [-0.39, 0.29) is 5.88 Å². The van der Waals surface area contributed by atoms with E-state index in [9.17, 15) is 0 Å². The molecule has 8 heteroatoms. The first-order valence-corrected chi connectivity index (χ1v) is 6.84. The number of halogens is 1. The van der Waals surface area contributed by atoms with Crippen molar-refractivity contribution >= 4 is 22.8 Å². The minimum atomic E-state index is 0.263. The van der Waals surface area contributed by atoms with Crippen LogP contribution in [0.15, 0.2) is 18.7 Å². The number of rotatable bonds is 4. The molecular weight excluding hydrogens is 292 g/mol. The average Bonchev–Trinajstić information content (AvgIpc) is 2.87. The summed E-state index contributed by atoms with van der Waals surface area (Å²) in [6.45, 7) is 2.39. The molecule has 0 amide bonds. The van der Waals surface area contributed by atoms with E-state index in [4.69, 9.17) is 16.3 Å². The van der Waals surface area contributed by atoms with Gasteiger partial charge in [0.15, 0.2) is 11.2 Å². The number of fused-ring (bicyclic) bond motifs is 1. The van der Waals surface area contributed by atoms with Crippen LogP contribution in [0.25, 0.3) is 11.2 Å². The summed E-state index contributed by atoms with van der Waals surface area (Å²) in [7, 11) is 1.55. The number of alkyl halides is 1. The van der Waals surface area contributed by atoms with E-state index in [1.54, 1.807) is 19.5 Å². The zero-order chi connectivity index (χ0) is 14.8. The SMILES string of the molecule is COc1ncnc2c1nc(CCl)n2Cc1cnc(C)cn1. The van der Waals surface area contributed by atoms with Crippen molar-refractivity contribution in [3.8, 4) is 5.88 Å². The third-order valence-electron chi connectivity index (χ3n) is 3.04. The molecule has 0 radical (unpaired) electrons. The van der Waals surface area contributed by atoms with Crippen LogP contribution < -0.4 is 4.74 Å². The molecule has 0 aromatic carbocycles. The van der Waals surface area contributed by atoms with E-state index in [1.165, 1.54) is 6.33 Å². The largest absolute Gasteiger partial charge is 0.479 e. The number of ether oxygens (including phenoxy) is 1. The molecule has 0 aliphatic rings. The van der Waals surface area contributed by atoms with Gasteiger partial charge in [-0.2, -0.15) is 4.98 Å². The molecule has 3 aromatic heterocycles. The van der Waals surface area contributed by atoms with Gasteiger partial charge in [-0.3, -0.25) is 9.97 Å². The van der Waals surface area contributed by atoms with Gasteiger partial charge in [-0.05, 0) is 6.92 Å². The quantitative estimate of drug-likeness (QED) is 0.683. The second kappa shape index (κ2) is 5.61. The number of aromatic nitrogens is 6. The zero-order valence-electron chi connectivity index (χ0n) is 11.6. The Kier molecular flexibility index (Phi) is 3.66. The van der Waals surface area contributed by atoms with E-state index in [0.29, 0.717) is 29.4 Å². The Hall–Kier alpha value is -2.28. The molecule has 0 atom stereocenters. The maximum atomic E-state index is 5.98. The van der Waals surface area contributed by atoms with Gasteiger partial charge in [0.1, 0.15) is 12.2 Å². The lowest BCUT2D eigenvalue weighted by Gasteiger charge is -2.06. The molecule has 7 nitrogen and oxygen atoms in total. The highest BCUT2D eigenvalue weighted by Gasteiger charge is 2.16. The molecule has 0 spiro atoms. The smallest absolute Gasteiger partial charge is 0.245 e. The molecule has 0 bridgehead atoms. The van der Waals surface area contributed by atoms with Gasteiger partial charge in [0.25, 0.3) is 0 Å². The van der Waals surface area contributed by atoms with Gasteiger partial charge >= 0.3 is 0 Å². The van der Waals surface area contributed by atoms with E-state index in [2.05, 4.69) is 24.9 Å². The van der Waals surface area contributed by atoms with Crippen molar-refractivity contribution in [1.29, 1.82) is 0 Å². The first-order chi connectivity index (χ1) is 10.2. The fourth-order valence-corrected chi connectivity index (χ4v) is 2.25. The third kappa shape index (κ3) is 2.52. The van der Waals surface area contributed by atoms with Crippen LogP contribution in [0.1, 0.15) is 17.2 Å². The van der Waals surface area contributed by atoms with E-state index in [0.717, 1.165) is 11.4 Å². The molecular formula is C13H13ClN6O. The molecule has 0 saturated carbocycles. The highest BCUT2D eigenvalue weighted by atomic mass is 35.5. The molecule has 0 N–H and O–H groups in total. The van der Waals surface area contributed by atoms with E-state index in [1.807, 2.05) is 11.5 Å². The molecule has 3 rings (SSSR count). The molecule has 0 aliphatic carbocycles. The Morgan fingerprint density at radius 3 is 2.71 bits per heavy atom. The fourth-order valence-electron chi connectivity index (χ4n) is 2.04. The summed E-state index contributed by atoms with van der Waals surface area (Å²) in [6, 6.07) is 0. The normalized spacial score (nSPS) is 11.0. The Bertz CT molecular complexity index is 770. The molecule has 0 unspecified atom stereocenters. The lowest BCUT2D eigenvalue weighted by molar-refractivity contribution is 0.401. The maximum Gasteiger partial charge on any atom is 0.245 e. The maximum absolute atomic E-state index is 5.98. The highest BCUT2D eigenvalue weighted by Crippen LogP contribution is 2.23. The summed E-state index contributed by atoms with van der Waals surface area (Å²) in [5.74, 6) is 1.38. The molecule has 0 fully saturated rings. The van der Waals surface area contributed by atoms with Gasteiger partial charge in [0, 0.05) is 6.20 Å². The van der Waals surface area contributed by atoms with Gasteiger partial charge in [0.2, 0.25) is 5.88 Å². The topological polar surface area (TPSA) is 78.6 Å². The van der Waals surface area contributed by atoms with Crippen LogP contribution in [0.5, 0.6) is 5.88 Å². The third-order valence-corrected chi connectivity index (χ3v) is 3.28.